The van der Waals surface area contributed by atoms with Crippen LogP contribution in [-0.2, 0) is 11.2 Å². The number of aliphatic hydroxyl groups excluding tert-OH is 1. The first-order valence-electron chi connectivity index (χ1n) is 7.36. The van der Waals surface area contributed by atoms with Crippen LogP contribution in [0.25, 0.3) is 0 Å². The molecule has 1 N–H and O–H groups in total. The molecule has 4 heteroatoms. The van der Waals surface area contributed by atoms with Crippen LogP contribution in [0.2, 0.25) is 0 Å². The topological polar surface area (TPSA) is 49.8 Å². The van der Waals surface area contributed by atoms with Crippen molar-refractivity contribution in [3.05, 3.63) is 41.5 Å². The Hall–Kier alpha value is -1.81. The molecule has 1 aromatic carbocycles. The number of carbonyl (C=O) groups is 1. The van der Waals surface area contributed by atoms with Crippen LogP contribution in [0, 0.1) is 0 Å². The van der Waals surface area contributed by atoms with Gasteiger partial charge in [0.05, 0.1) is 13.2 Å². The number of amides is 1. The molecule has 1 aliphatic heterocycles. The molecule has 0 radical (unpaired) electrons. The fourth-order valence-corrected chi connectivity index (χ4v) is 2.66. The molecule has 21 heavy (non-hydrogen) atoms. The number of ether oxygens (including phenoxy) is 1. The fraction of sp³-hybridized carbons (Fsp3) is 0.471. The minimum Gasteiger partial charge on any atom is -0.496 e. The number of hydrogen-bond acceptors (Lipinski definition) is 3. The van der Waals surface area contributed by atoms with E-state index in [0.717, 1.165) is 36.3 Å². The number of methoxy groups -OCH3 is 1. The smallest absolute Gasteiger partial charge is 0.246 e. The van der Waals surface area contributed by atoms with E-state index in [2.05, 4.69) is 0 Å². The number of aliphatic hydroxyl groups is 1. The summed E-state index contributed by atoms with van der Waals surface area (Å²) in [5, 5.41) is 9.63. The number of allylic oxidation sites excluding steroid dienone is 1. The summed E-state index contributed by atoms with van der Waals surface area (Å²) in [5.74, 6) is 0.826. The van der Waals surface area contributed by atoms with Gasteiger partial charge in [0.25, 0.3) is 0 Å². The first-order chi connectivity index (χ1) is 10.1. The summed E-state index contributed by atoms with van der Waals surface area (Å²) in [4.78, 5) is 13.9. The van der Waals surface area contributed by atoms with E-state index in [1.54, 1.807) is 18.1 Å². The highest BCUT2D eigenvalue weighted by Gasteiger charge is 2.20. The van der Waals surface area contributed by atoms with Gasteiger partial charge in [0.1, 0.15) is 5.75 Å². The van der Waals surface area contributed by atoms with Crippen molar-refractivity contribution in [1.82, 2.24) is 4.90 Å². The van der Waals surface area contributed by atoms with Crippen LogP contribution in [0.1, 0.15) is 25.3 Å². The third-order valence-electron chi connectivity index (χ3n) is 3.74. The summed E-state index contributed by atoms with van der Waals surface area (Å²) < 4.78 is 5.33. The van der Waals surface area contributed by atoms with Crippen LogP contribution in [0.5, 0.6) is 5.75 Å². The zero-order chi connectivity index (χ0) is 15.2. The summed E-state index contributed by atoms with van der Waals surface area (Å²) in [5.41, 5.74) is 2.06. The third-order valence-corrected chi connectivity index (χ3v) is 3.74. The Morgan fingerprint density at radius 2 is 2.24 bits per heavy atom. The van der Waals surface area contributed by atoms with Crippen LogP contribution >= 0.6 is 0 Å². The molecular formula is C17H23NO3. The number of β-amino-alcohol motifs (C(OH)–C–C–N with tert-alkyl or cyclic N) is 1. The van der Waals surface area contributed by atoms with Gasteiger partial charge in [0.15, 0.2) is 0 Å². The number of piperidine rings is 1. The van der Waals surface area contributed by atoms with Crippen LogP contribution < -0.4 is 4.74 Å². The lowest BCUT2D eigenvalue weighted by molar-refractivity contribution is -0.129. The van der Waals surface area contributed by atoms with E-state index in [4.69, 9.17) is 4.74 Å². The summed E-state index contributed by atoms with van der Waals surface area (Å²) in [6, 6.07) is 7.83. The number of nitrogens with zero attached hydrogens (tertiary/aromatic N) is 1. The average molecular weight is 289 g/mol. The van der Waals surface area contributed by atoms with Gasteiger partial charge in [-0.3, -0.25) is 4.79 Å². The normalized spacial score (nSPS) is 19.5. The number of benzene rings is 1. The van der Waals surface area contributed by atoms with Crippen molar-refractivity contribution in [3.63, 3.8) is 0 Å². The van der Waals surface area contributed by atoms with Crippen molar-refractivity contribution < 1.29 is 14.6 Å². The molecule has 0 bridgehead atoms. The first-order valence-corrected chi connectivity index (χ1v) is 7.36. The molecule has 1 fully saturated rings. The van der Waals surface area contributed by atoms with E-state index >= 15 is 0 Å². The first kappa shape index (κ1) is 15.6. The zero-order valence-electron chi connectivity index (χ0n) is 12.7. The van der Waals surface area contributed by atoms with Crippen LogP contribution in [0.4, 0.5) is 0 Å². The van der Waals surface area contributed by atoms with Crippen molar-refractivity contribution in [3.8, 4) is 5.75 Å². The second kappa shape index (κ2) is 7.27. The molecular weight excluding hydrogens is 266 g/mol. The quantitative estimate of drug-likeness (QED) is 0.864. The molecule has 1 aliphatic rings. The molecule has 1 saturated heterocycles. The highest BCUT2D eigenvalue weighted by Crippen LogP contribution is 2.20. The molecule has 4 nitrogen and oxygen atoms in total. The molecule has 0 aromatic heterocycles. The SMILES string of the molecule is COc1ccccc1CC(C)=CC(=O)N1CCCC(O)C1. The molecule has 114 valence electrons. The lowest BCUT2D eigenvalue weighted by Gasteiger charge is -2.29. The maximum absolute atomic E-state index is 12.2. The predicted octanol–water partition coefficient (Wildman–Crippen LogP) is 2.17. The Labute approximate surface area is 126 Å². The summed E-state index contributed by atoms with van der Waals surface area (Å²) in [6.07, 6.45) is 3.63. The summed E-state index contributed by atoms with van der Waals surface area (Å²) in [6.45, 7) is 3.12. The van der Waals surface area contributed by atoms with E-state index in [1.165, 1.54) is 0 Å². The van der Waals surface area contributed by atoms with Crippen LogP contribution in [0.3, 0.4) is 0 Å². The fourth-order valence-electron chi connectivity index (χ4n) is 2.66. The summed E-state index contributed by atoms with van der Waals surface area (Å²) in [7, 11) is 1.65. The Morgan fingerprint density at radius 3 is 2.95 bits per heavy atom. The Kier molecular flexibility index (Phi) is 5.39. The molecule has 2 rings (SSSR count). The Balaban J connectivity index is 2.01. The molecule has 1 unspecified atom stereocenters. The van der Waals surface area contributed by atoms with Crippen LogP contribution in [0.15, 0.2) is 35.9 Å². The Morgan fingerprint density at radius 1 is 1.48 bits per heavy atom. The number of likely N-dealkylation sites (tertiary alicyclic amines) is 1. The lowest BCUT2D eigenvalue weighted by atomic mass is 10.0. The van der Waals surface area contributed by atoms with Crippen molar-refractivity contribution in [2.24, 2.45) is 0 Å². The van der Waals surface area contributed by atoms with E-state index in [0.29, 0.717) is 13.0 Å². The summed E-state index contributed by atoms with van der Waals surface area (Å²) >= 11 is 0. The molecule has 1 atom stereocenters. The lowest BCUT2D eigenvalue weighted by Crippen LogP contribution is -2.41. The highest BCUT2D eigenvalue weighted by atomic mass is 16.5. The molecule has 1 heterocycles. The Bertz CT molecular complexity index is 525. The van der Waals surface area contributed by atoms with E-state index in [-0.39, 0.29) is 12.0 Å². The van der Waals surface area contributed by atoms with Crippen LogP contribution in [-0.4, -0.2) is 42.2 Å². The minimum absolute atomic E-state index is 0.0128. The van der Waals surface area contributed by atoms with Crippen molar-refractivity contribution in [1.29, 1.82) is 0 Å². The third kappa shape index (κ3) is 4.33. The highest BCUT2D eigenvalue weighted by molar-refractivity contribution is 5.88. The number of carbonyl (C=O) groups excluding carboxylic acids is 1. The van der Waals surface area contributed by atoms with Gasteiger partial charge < -0.3 is 14.7 Å². The monoisotopic (exact) mass is 289 g/mol. The molecule has 0 spiro atoms. The van der Waals surface area contributed by atoms with Gasteiger partial charge >= 0.3 is 0 Å². The van der Waals surface area contributed by atoms with E-state index in [1.807, 2.05) is 31.2 Å². The van der Waals surface area contributed by atoms with Gasteiger partial charge in [-0.1, -0.05) is 23.8 Å². The second-order valence-electron chi connectivity index (χ2n) is 5.56. The maximum atomic E-state index is 12.2. The van der Waals surface area contributed by atoms with Crippen molar-refractivity contribution in [2.75, 3.05) is 20.2 Å². The average Bonchev–Trinajstić information content (AvgIpc) is 2.47. The van der Waals surface area contributed by atoms with Gasteiger partial charge in [-0.05, 0) is 37.8 Å². The standard InChI is InChI=1S/C17H23NO3/c1-13(10-14-6-3-4-8-16(14)21-2)11-17(20)18-9-5-7-15(19)12-18/h3-4,6,8,11,15,19H,5,7,9-10,12H2,1-2H3. The number of rotatable bonds is 4. The van der Waals surface area contributed by atoms with Gasteiger partial charge in [0.2, 0.25) is 5.91 Å². The van der Waals surface area contributed by atoms with Crippen molar-refractivity contribution in [2.45, 2.75) is 32.3 Å². The van der Waals surface area contributed by atoms with Crippen molar-refractivity contribution >= 4 is 5.91 Å². The van der Waals surface area contributed by atoms with E-state index in [9.17, 15) is 9.90 Å². The van der Waals surface area contributed by atoms with Gasteiger partial charge in [-0.25, -0.2) is 0 Å². The van der Waals surface area contributed by atoms with Gasteiger partial charge in [-0.15, -0.1) is 0 Å². The van der Waals surface area contributed by atoms with Gasteiger partial charge in [0, 0.05) is 19.2 Å². The molecule has 0 aliphatic carbocycles. The number of para-hydroxylation sites is 1. The molecule has 1 amide bonds. The van der Waals surface area contributed by atoms with E-state index < -0.39 is 0 Å². The minimum atomic E-state index is -0.384. The maximum Gasteiger partial charge on any atom is 0.246 e. The zero-order valence-corrected chi connectivity index (χ0v) is 12.7. The van der Waals surface area contributed by atoms with Gasteiger partial charge in [-0.2, -0.15) is 0 Å². The number of hydrogen-bond donors (Lipinski definition) is 1. The largest absolute Gasteiger partial charge is 0.496 e. The molecule has 1 aromatic rings. The molecule has 0 saturated carbocycles. The predicted molar refractivity (Wildman–Crippen MR) is 82.3 cm³/mol. The second-order valence-corrected chi connectivity index (χ2v) is 5.56.